The van der Waals surface area contributed by atoms with Crippen molar-refractivity contribution in [2.45, 2.75) is 205 Å². The smallest absolute Gasteiger partial charge is 0.133 e. The van der Waals surface area contributed by atoms with Gasteiger partial charge in [-0.3, -0.25) is 0 Å². The zero-order chi connectivity index (χ0) is 34.9. The minimum atomic E-state index is -0.720. The van der Waals surface area contributed by atoms with Crippen LogP contribution in [0.1, 0.15) is 193 Å². The highest BCUT2D eigenvalue weighted by molar-refractivity contribution is 5.06. The average molecular weight is 661 g/mol. The summed E-state index contributed by atoms with van der Waals surface area (Å²) in [6, 6.07) is 0. The molecular formula is C46H76O2. The lowest BCUT2D eigenvalue weighted by atomic mass is 10.0. The molecule has 272 valence electrons. The lowest BCUT2D eigenvalue weighted by Crippen LogP contribution is -1.95. The van der Waals surface area contributed by atoms with Crippen LogP contribution in [0.2, 0.25) is 0 Å². The molecule has 48 heavy (non-hydrogen) atoms. The van der Waals surface area contributed by atoms with Crippen molar-refractivity contribution >= 4 is 0 Å². The Labute approximate surface area is 299 Å². The molecule has 0 radical (unpaired) electrons. The lowest BCUT2D eigenvalue weighted by molar-refractivity contribution is 0.280. The van der Waals surface area contributed by atoms with Crippen LogP contribution in [0.4, 0.5) is 0 Å². The van der Waals surface area contributed by atoms with E-state index in [1.165, 1.54) is 180 Å². The maximum Gasteiger partial charge on any atom is 0.133 e. The first-order valence-electron chi connectivity index (χ1n) is 20.3. The summed E-state index contributed by atoms with van der Waals surface area (Å²) >= 11 is 0. The van der Waals surface area contributed by atoms with Crippen LogP contribution in [-0.4, -0.2) is 22.4 Å². The van der Waals surface area contributed by atoms with Crippen LogP contribution in [0.15, 0.2) is 60.8 Å². The van der Waals surface area contributed by atoms with E-state index in [2.05, 4.69) is 48.3 Å². The van der Waals surface area contributed by atoms with E-state index in [0.717, 1.165) is 12.8 Å². The van der Waals surface area contributed by atoms with E-state index in [1.807, 2.05) is 12.2 Å². The second kappa shape index (κ2) is 40.9. The molecule has 2 N–H and O–H groups in total. The molecule has 0 spiro atoms. The number of hydrogen-bond acceptors (Lipinski definition) is 2. The molecule has 0 aliphatic heterocycles. The van der Waals surface area contributed by atoms with Gasteiger partial charge in [0.15, 0.2) is 0 Å². The Kier molecular flexibility index (Phi) is 39.0. The molecule has 0 aromatic carbocycles. The normalized spacial score (nSPS) is 13.4. The molecule has 0 heterocycles. The number of aliphatic hydroxyl groups is 2. The van der Waals surface area contributed by atoms with Crippen molar-refractivity contribution in [3.05, 3.63) is 60.8 Å². The third-order valence-electron chi connectivity index (χ3n) is 8.94. The average Bonchev–Trinajstić information content (AvgIpc) is 3.10. The van der Waals surface area contributed by atoms with E-state index in [-0.39, 0.29) is 0 Å². The molecule has 0 aliphatic rings. The SMILES string of the molecule is C#CC(O)/C=C/CCCCCCCCC/C=C\CCCC/C=C\CCCC/C=C\CCCCCCCCCCCCC/C=C/C(O)C#C. The molecule has 0 rings (SSSR count). The van der Waals surface area contributed by atoms with Gasteiger partial charge in [-0.05, 0) is 115 Å². The van der Waals surface area contributed by atoms with E-state index in [4.69, 9.17) is 12.8 Å². The first kappa shape index (κ1) is 45.7. The summed E-state index contributed by atoms with van der Waals surface area (Å²) in [4.78, 5) is 0. The van der Waals surface area contributed by atoms with Gasteiger partial charge in [-0.2, -0.15) is 0 Å². The zero-order valence-corrected chi connectivity index (χ0v) is 31.2. The molecule has 0 amide bonds. The number of unbranched alkanes of at least 4 members (excludes halogenated alkanes) is 26. The fraction of sp³-hybridized carbons (Fsp3) is 0.696. The Morgan fingerprint density at radius 3 is 0.667 bits per heavy atom. The van der Waals surface area contributed by atoms with E-state index in [1.54, 1.807) is 12.2 Å². The molecular weight excluding hydrogens is 585 g/mol. The Morgan fingerprint density at radius 1 is 0.292 bits per heavy atom. The Balaban J connectivity index is 3.26. The largest absolute Gasteiger partial charge is 0.377 e. The first-order chi connectivity index (χ1) is 23.7. The molecule has 0 aromatic heterocycles. The van der Waals surface area contributed by atoms with Crippen LogP contribution in [0.3, 0.4) is 0 Å². The Morgan fingerprint density at radius 2 is 0.458 bits per heavy atom. The van der Waals surface area contributed by atoms with E-state index >= 15 is 0 Å². The molecule has 2 atom stereocenters. The van der Waals surface area contributed by atoms with Crippen molar-refractivity contribution in [3.8, 4) is 24.7 Å². The standard InChI is InChI=1S/C46H76O2/c1-3-45(47)43-41-39-37-35-33-31-29-27-25-23-21-19-17-15-13-11-9-7-5-6-8-10-12-14-16-18-20-22-24-26-28-30-32-34-36-38-40-42-44-46(48)4-2/h1-2,7,9,12,14,19,21,41-48H,5-6,8,10-11,13,15-18,20,22-40H2/b9-7-,14-12-,21-19-,43-41+,44-42+. The summed E-state index contributed by atoms with van der Waals surface area (Å²) in [7, 11) is 0. The third kappa shape index (κ3) is 39.9. The van der Waals surface area contributed by atoms with Crippen molar-refractivity contribution in [1.82, 2.24) is 0 Å². The Bertz CT molecular complexity index is 877. The van der Waals surface area contributed by atoms with Gasteiger partial charge >= 0.3 is 0 Å². The highest BCUT2D eigenvalue weighted by Gasteiger charge is 1.95. The monoisotopic (exact) mass is 661 g/mol. The highest BCUT2D eigenvalue weighted by Crippen LogP contribution is 2.14. The van der Waals surface area contributed by atoms with Crippen LogP contribution in [0.5, 0.6) is 0 Å². The van der Waals surface area contributed by atoms with Crippen LogP contribution in [0.25, 0.3) is 0 Å². The fourth-order valence-electron chi connectivity index (χ4n) is 5.84. The van der Waals surface area contributed by atoms with Gasteiger partial charge in [0.05, 0.1) is 0 Å². The van der Waals surface area contributed by atoms with E-state index < -0.39 is 12.2 Å². The quantitative estimate of drug-likeness (QED) is 0.0399. The van der Waals surface area contributed by atoms with Crippen LogP contribution in [0, 0.1) is 24.7 Å². The maximum atomic E-state index is 9.26. The molecule has 0 bridgehead atoms. The van der Waals surface area contributed by atoms with Crippen molar-refractivity contribution in [1.29, 1.82) is 0 Å². The summed E-state index contributed by atoms with van der Waals surface area (Å²) in [5.74, 6) is 4.61. The number of rotatable bonds is 36. The van der Waals surface area contributed by atoms with Gasteiger partial charge < -0.3 is 10.2 Å². The molecule has 2 nitrogen and oxygen atoms in total. The summed E-state index contributed by atoms with van der Waals surface area (Å²) in [5.41, 5.74) is 0. The first-order valence-corrected chi connectivity index (χ1v) is 20.3. The van der Waals surface area contributed by atoms with Gasteiger partial charge in [0.25, 0.3) is 0 Å². The number of aliphatic hydroxyl groups excluding tert-OH is 2. The highest BCUT2D eigenvalue weighted by atomic mass is 16.3. The summed E-state index contributed by atoms with van der Waals surface area (Å²) in [5, 5.41) is 18.5. The predicted molar refractivity (Wildman–Crippen MR) is 214 cm³/mol. The third-order valence-corrected chi connectivity index (χ3v) is 8.94. The van der Waals surface area contributed by atoms with Crippen LogP contribution < -0.4 is 0 Å². The minimum absolute atomic E-state index is 0.717. The summed E-state index contributed by atoms with van der Waals surface area (Å²) < 4.78 is 0. The lowest BCUT2D eigenvalue weighted by Gasteiger charge is -2.02. The summed E-state index contributed by atoms with van der Waals surface area (Å²) in [6.45, 7) is 0. The molecule has 0 saturated carbocycles. The number of terminal acetylenes is 2. The van der Waals surface area contributed by atoms with Gasteiger partial charge in [-0.1, -0.05) is 150 Å². The van der Waals surface area contributed by atoms with Crippen LogP contribution in [-0.2, 0) is 0 Å². The van der Waals surface area contributed by atoms with E-state index in [0.29, 0.717) is 0 Å². The molecule has 2 unspecified atom stereocenters. The molecule has 0 aliphatic carbocycles. The van der Waals surface area contributed by atoms with Crippen molar-refractivity contribution in [2.24, 2.45) is 0 Å². The molecule has 0 saturated heterocycles. The maximum absolute atomic E-state index is 9.26. The molecule has 0 aromatic rings. The zero-order valence-electron chi connectivity index (χ0n) is 31.2. The van der Waals surface area contributed by atoms with Gasteiger partial charge in [0.1, 0.15) is 12.2 Å². The van der Waals surface area contributed by atoms with Gasteiger partial charge in [-0.15, -0.1) is 12.8 Å². The van der Waals surface area contributed by atoms with Gasteiger partial charge in [0.2, 0.25) is 0 Å². The summed E-state index contributed by atoms with van der Waals surface area (Å²) in [6.07, 6.45) is 69.5. The van der Waals surface area contributed by atoms with E-state index in [9.17, 15) is 10.2 Å². The van der Waals surface area contributed by atoms with Crippen molar-refractivity contribution in [2.75, 3.05) is 0 Å². The number of hydrogen-bond donors (Lipinski definition) is 2. The second-order valence-electron chi connectivity index (χ2n) is 13.6. The van der Waals surface area contributed by atoms with Crippen molar-refractivity contribution < 1.29 is 10.2 Å². The molecule has 0 fully saturated rings. The fourth-order valence-corrected chi connectivity index (χ4v) is 5.84. The van der Waals surface area contributed by atoms with Crippen LogP contribution >= 0.6 is 0 Å². The van der Waals surface area contributed by atoms with Gasteiger partial charge in [0, 0.05) is 0 Å². The van der Waals surface area contributed by atoms with Gasteiger partial charge in [-0.25, -0.2) is 0 Å². The predicted octanol–water partition coefficient (Wildman–Crippen LogP) is 13.5. The molecule has 2 heteroatoms. The minimum Gasteiger partial charge on any atom is -0.377 e. The number of allylic oxidation sites excluding steroid dienone is 8. The topological polar surface area (TPSA) is 40.5 Å². The second-order valence-corrected chi connectivity index (χ2v) is 13.6. The Hall–Kier alpha value is -2.26. The van der Waals surface area contributed by atoms with Crippen molar-refractivity contribution in [3.63, 3.8) is 0 Å².